The van der Waals surface area contributed by atoms with E-state index in [0.29, 0.717) is 5.56 Å². The van der Waals surface area contributed by atoms with Crippen molar-refractivity contribution in [3.63, 3.8) is 0 Å². The summed E-state index contributed by atoms with van der Waals surface area (Å²) in [5, 5.41) is 7.39. The molecule has 3 aromatic rings. The number of amides is 1. The summed E-state index contributed by atoms with van der Waals surface area (Å²) >= 11 is 0. The van der Waals surface area contributed by atoms with Crippen molar-refractivity contribution in [1.29, 1.82) is 0 Å². The summed E-state index contributed by atoms with van der Waals surface area (Å²) in [5.41, 5.74) is 4.04. The average Bonchev–Trinajstić information content (AvgIpc) is 3.09. The Hall–Kier alpha value is -3.41. The zero-order chi connectivity index (χ0) is 21.7. The molecule has 0 aliphatic rings. The van der Waals surface area contributed by atoms with E-state index in [1.54, 1.807) is 24.7 Å². The number of benzene rings is 2. The third-order valence-corrected chi connectivity index (χ3v) is 4.84. The molecule has 1 heterocycles. The summed E-state index contributed by atoms with van der Waals surface area (Å²) in [5.74, 6) is -0.634. The van der Waals surface area contributed by atoms with Gasteiger partial charge in [-0.25, -0.2) is 4.68 Å². The van der Waals surface area contributed by atoms with Gasteiger partial charge in [-0.15, -0.1) is 0 Å². The monoisotopic (exact) mass is 405 g/mol. The normalized spacial score (nSPS) is 11.9. The van der Waals surface area contributed by atoms with E-state index < -0.39 is 6.04 Å². The van der Waals surface area contributed by atoms with Gasteiger partial charge in [0.25, 0.3) is 5.91 Å². The van der Waals surface area contributed by atoms with Gasteiger partial charge in [0.2, 0.25) is 0 Å². The number of carbonyl (C=O) groups is 2. The van der Waals surface area contributed by atoms with E-state index in [9.17, 15) is 9.59 Å². The van der Waals surface area contributed by atoms with Gasteiger partial charge in [-0.1, -0.05) is 48.5 Å². The Morgan fingerprint density at radius 1 is 1.03 bits per heavy atom. The lowest BCUT2D eigenvalue weighted by Crippen LogP contribution is -2.31. The Bertz CT molecular complexity index is 1030. The molecule has 1 N–H and O–H groups in total. The lowest BCUT2D eigenvalue weighted by molar-refractivity contribution is -0.147. The smallest absolute Gasteiger partial charge is 0.308 e. The van der Waals surface area contributed by atoms with Crippen LogP contribution < -0.4 is 5.32 Å². The Kier molecular flexibility index (Phi) is 6.67. The molecule has 0 fully saturated rings. The van der Waals surface area contributed by atoms with Crippen molar-refractivity contribution in [3.8, 4) is 5.69 Å². The van der Waals surface area contributed by atoms with Crippen molar-refractivity contribution < 1.29 is 14.3 Å². The summed E-state index contributed by atoms with van der Waals surface area (Å²) in [7, 11) is 0. The largest absolute Gasteiger partial charge is 0.463 e. The minimum absolute atomic E-state index is 0.0545. The van der Waals surface area contributed by atoms with Crippen molar-refractivity contribution in [2.24, 2.45) is 0 Å². The summed E-state index contributed by atoms with van der Waals surface area (Å²) in [6.45, 7) is 7.47. The summed E-state index contributed by atoms with van der Waals surface area (Å²) in [4.78, 5) is 25.3. The summed E-state index contributed by atoms with van der Waals surface area (Å²) < 4.78 is 7.04. The van der Waals surface area contributed by atoms with Crippen molar-refractivity contribution in [3.05, 3.63) is 83.2 Å². The van der Waals surface area contributed by atoms with Crippen LogP contribution in [0.25, 0.3) is 5.69 Å². The number of rotatable bonds is 7. The second-order valence-electron chi connectivity index (χ2n) is 7.52. The molecule has 0 bridgehead atoms. The van der Waals surface area contributed by atoms with Crippen LogP contribution in [-0.4, -0.2) is 27.8 Å². The first-order chi connectivity index (χ1) is 14.4. The predicted molar refractivity (Wildman–Crippen MR) is 116 cm³/mol. The van der Waals surface area contributed by atoms with E-state index in [1.807, 2.05) is 68.4 Å². The maximum Gasteiger partial charge on any atom is 0.308 e. The predicted octanol–water partition coefficient (Wildman–Crippen LogP) is 4.30. The molecule has 0 radical (unpaired) electrons. The fourth-order valence-electron chi connectivity index (χ4n) is 3.33. The number of hydrogen-bond acceptors (Lipinski definition) is 4. The lowest BCUT2D eigenvalue weighted by atomic mass is 10.0. The van der Waals surface area contributed by atoms with Gasteiger partial charge in [0.1, 0.15) is 0 Å². The lowest BCUT2D eigenvalue weighted by Gasteiger charge is -2.19. The highest BCUT2D eigenvalue weighted by Gasteiger charge is 2.23. The molecule has 0 saturated carbocycles. The van der Waals surface area contributed by atoms with Crippen LogP contribution in [0.5, 0.6) is 0 Å². The second kappa shape index (κ2) is 9.39. The SMILES string of the molecule is Cc1ccccc1-n1ncc(C(=O)NC(CC(=O)OC(C)C)c2ccccc2)c1C. The van der Waals surface area contributed by atoms with Crippen LogP contribution in [0, 0.1) is 13.8 Å². The van der Waals surface area contributed by atoms with Crippen molar-refractivity contribution >= 4 is 11.9 Å². The number of esters is 1. The topological polar surface area (TPSA) is 73.2 Å². The molecule has 6 nitrogen and oxygen atoms in total. The van der Waals surface area contributed by atoms with Crippen LogP contribution in [0.3, 0.4) is 0 Å². The summed E-state index contributed by atoms with van der Waals surface area (Å²) in [6.07, 6.45) is 1.41. The molecular formula is C24H27N3O3. The van der Waals surface area contributed by atoms with Gasteiger partial charge in [-0.3, -0.25) is 9.59 Å². The van der Waals surface area contributed by atoms with E-state index >= 15 is 0 Å². The van der Waals surface area contributed by atoms with Gasteiger partial charge >= 0.3 is 5.97 Å². The van der Waals surface area contributed by atoms with Gasteiger partial charge < -0.3 is 10.1 Å². The fourth-order valence-corrected chi connectivity index (χ4v) is 3.33. The van der Waals surface area contributed by atoms with Crippen LogP contribution in [0.2, 0.25) is 0 Å². The molecule has 30 heavy (non-hydrogen) atoms. The molecular weight excluding hydrogens is 378 g/mol. The Labute approximate surface area is 176 Å². The molecule has 2 aromatic carbocycles. The highest BCUT2D eigenvalue weighted by atomic mass is 16.5. The van der Waals surface area contributed by atoms with Gasteiger partial charge in [0, 0.05) is 0 Å². The molecule has 6 heteroatoms. The first kappa shape index (κ1) is 21.3. The molecule has 3 rings (SSSR count). The molecule has 0 aliphatic heterocycles. The zero-order valence-corrected chi connectivity index (χ0v) is 17.8. The molecule has 0 saturated heterocycles. The summed E-state index contributed by atoms with van der Waals surface area (Å²) in [6, 6.07) is 16.8. The number of hydrogen-bond donors (Lipinski definition) is 1. The van der Waals surface area contributed by atoms with Crippen LogP contribution in [-0.2, 0) is 9.53 Å². The van der Waals surface area contributed by atoms with Crippen LogP contribution in [0.1, 0.15) is 53.5 Å². The van der Waals surface area contributed by atoms with Gasteiger partial charge in [-0.05, 0) is 44.9 Å². The molecule has 156 valence electrons. The van der Waals surface area contributed by atoms with Crippen LogP contribution in [0.4, 0.5) is 0 Å². The zero-order valence-electron chi connectivity index (χ0n) is 17.8. The number of nitrogens with one attached hydrogen (secondary N) is 1. The van der Waals surface area contributed by atoms with Crippen LogP contribution >= 0.6 is 0 Å². The molecule has 0 aliphatic carbocycles. The minimum atomic E-state index is -0.494. The third kappa shape index (κ3) is 4.95. The molecule has 1 unspecified atom stereocenters. The van der Waals surface area contributed by atoms with Crippen LogP contribution in [0.15, 0.2) is 60.8 Å². The number of aromatic nitrogens is 2. The first-order valence-electron chi connectivity index (χ1n) is 10.0. The first-order valence-corrected chi connectivity index (χ1v) is 10.0. The Morgan fingerprint density at radius 3 is 2.37 bits per heavy atom. The number of aryl methyl sites for hydroxylation is 1. The Morgan fingerprint density at radius 2 is 1.70 bits per heavy atom. The molecule has 1 aromatic heterocycles. The van der Waals surface area contributed by atoms with Gasteiger partial charge in [0.15, 0.2) is 0 Å². The Balaban J connectivity index is 1.84. The second-order valence-corrected chi connectivity index (χ2v) is 7.52. The van der Waals surface area contributed by atoms with Crippen molar-refractivity contribution in [1.82, 2.24) is 15.1 Å². The third-order valence-electron chi connectivity index (χ3n) is 4.84. The van der Waals surface area contributed by atoms with E-state index in [-0.39, 0.29) is 24.4 Å². The average molecular weight is 405 g/mol. The maximum atomic E-state index is 13.1. The number of para-hydroxylation sites is 1. The quantitative estimate of drug-likeness (QED) is 0.595. The number of nitrogens with zero attached hydrogens (tertiary/aromatic N) is 2. The highest BCUT2D eigenvalue weighted by molar-refractivity contribution is 5.95. The molecule has 0 spiro atoms. The fraction of sp³-hybridized carbons (Fsp3) is 0.292. The van der Waals surface area contributed by atoms with Gasteiger partial charge in [0.05, 0.1) is 41.7 Å². The minimum Gasteiger partial charge on any atom is -0.463 e. The van der Waals surface area contributed by atoms with Crippen molar-refractivity contribution in [2.75, 3.05) is 0 Å². The number of carbonyl (C=O) groups excluding carboxylic acids is 2. The standard InChI is InChI=1S/C24H27N3O3/c1-16(2)30-23(28)14-21(19-11-6-5-7-12-19)26-24(29)20-15-25-27(18(20)4)22-13-9-8-10-17(22)3/h5-13,15-16,21H,14H2,1-4H3,(H,26,29). The molecule has 1 amide bonds. The van der Waals surface area contributed by atoms with Crippen molar-refractivity contribution in [2.45, 2.75) is 46.3 Å². The van der Waals surface area contributed by atoms with E-state index in [0.717, 1.165) is 22.5 Å². The highest BCUT2D eigenvalue weighted by Crippen LogP contribution is 2.21. The molecule has 1 atom stereocenters. The number of ether oxygens (including phenoxy) is 1. The van der Waals surface area contributed by atoms with E-state index in [2.05, 4.69) is 10.4 Å². The van der Waals surface area contributed by atoms with Gasteiger partial charge in [-0.2, -0.15) is 5.10 Å². The van der Waals surface area contributed by atoms with E-state index in [4.69, 9.17) is 4.74 Å². The maximum absolute atomic E-state index is 13.1. The van der Waals surface area contributed by atoms with E-state index in [1.165, 1.54) is 0 Å².